The van der Waals surface area contributed by atoms with E-state index in [1.165, 1.54) is 0 Å². The maximum Gasteiger partial charge on any atom is 0.145 e. The summed E-state index contributed by atoms with van der Waals surface area (Å²) in [4.78, 5) is 4.32. The van der Waals surface area contributed by atoms with Gasteiger partial charge < -0.3 is 4.40 Å². The summed E-state index contributed by atoms with van der Waals surface area (Å²) in [5, 5.41) is 0. The normalized spacial score (nSPS) is 10.8. The van der Waals surface area contributed by atoms with Gasteiger partial charge in [-0.25, -0.2) is 9.37 Å². The number of hydrogen-bond donors (Lipinski definition) is 0. The summed E-state index contributed by atoms with van der Waals surface area (Å²) in [6.07, 6.45) is 7.18. The summed E-state index contributed by atoms with van der Waals surface area (Å²) < 4.78 is 16.2. The number of halogens is 1. The zero-order valence-electron chi connectivity index (χ0n) is 10.6. The number of rotatable bonds is 2. The Hall–Kier alpha value is -2.42. The van der Waals surface area contributed by atoms with Crippen molar-refractivity contribution in [2.75, 3.05) is 0 Å². The van der Waals surface area contributed by atoms with E-state index in [2.05, 4.69) is 11.6 Å². The van der Waals surface area contributed by atoms with E-state index in [-0.39, 0.29) is 5.82 Å². The Morgan fingerprint density at radius 1 is 1.26 bits per heavy atom. The Labute approximate surface area is 110 Å². The molecule has 3 heteroatoms. The van der Waals surface area contributed by atoms with E-state index in [1.54, 1.807) is 31.3 Å². The lowest BCUT2D eigenvalue weighted by Gasteiger charge is -2.10. The second-order valence-corrected chi connectivity index (χ2v) is 4.44. The molecule has 94 valence electrons. The van der Waals surface area contributed by atoms with Gasteiger partial charge in [-0.2, -0.15) is 0 Å². The third-order valence-electron chi connectivity index (χ3n) is 3.28. The second kappa shape index (κ2) is 4.35. The molecule has 0 aliphatic rings. The molecule has 0 unspecified atom stereocenters. The average Bonchev–Trinajstić information content (AvgIpc) is 2.89. The van der Waals surface area contributed by atoms with Crippen molar-refractivity contribution in [2.24, 2.45) is 0 Å². The number of pyridine rings is 1. The largest absolute Gasteiger partial charge is 0.307 e. The summed E-state index contributed by atoms with van der Waals surface area (Å²) in [6.45, 7) is 5.56. The first-order valence-electron chi connectivity index (χ1n) is 6.06. The monoisotopic (exact) mass is 252 g/mol. The molecule has 2 aromatic heterocycles. The molecule has 0 amide bonds. The number of benzene rings is 1. The third-order valence-corrected chi connectivity index (χ3v) is 3.28. The van der Waals surface area contributed by atoms with Crippen molar-refractivity contribution >= 4 is 11.7 Å². The first-order valence-corrected chi connectivity index (χ1v) is 6.06. The number of fused-ring (bicyclic) bond motifs is 1. The van der Waals surface area contributed by atoms with Gasteiger partial charge in [0.15, 0.2) is 0 Å². The predicted octanol–water partition coefficient (Wildman–Crippen LogP) is 4.09. The first-order chi connectivity index (χ1) is 9.22. The summed E-state index contributed by atoms with van der Waals surface area (Å²) in [6, 6.07) is 7.31. The summed E-state index contributed by atoms with van der Waals surface area (Å²) in [5.41, 5.74) is 3.58. The highest BCUT2D eigenvalue weighted by atomic mass is 19.1. The molecule has 3 rings (SSSR count). The fraction of sp³-hybridized carbons (Fsp3) is 0.0625. The second-order valence-electron chi connectivity index (χ2n) is 4.44. The Morgan fingerprint density at radius 3 is 2.89 bits per heavy atom. The smallest absolute Gasteiger partial charge is 0.145 e. The van der Waals surface area contributed by atoms with Crippen molar-refractivity contribution in [2.45, 2.75) is 6.92 Å². The highest BCUT2D eigenvalue weighted by Crippen LogP contribution is 2.31. The lowest BCUT2D eigenvalue weighted by atomic mass is 9.99. The number of aromatic nitrogens is 2. The van der Waals surface area contributed by atoms with Crippen molar-refractivity contribution in [1.82, 2.24) is 9.38 Å². The predicted molar refractivity (Wildman–Crippen MR) is 75.4 cm³/mol. The van der Waals surface area contributed by atoms with E-state index in [0.717, 1.165) is 16.8 Å². The van der Waals surface area contributed by atoms with Gasteiger partial charge in [0.1, 0.15) is 11.5 Å². The summed E-state index contributed by atoms with van der Waals surface area (Å²) in [5.74, 6) is -0.207. The molecule has 0 saturated heterocycles. The van der Waals surface area contributed by atoms with E-state index in [9.17, 15) is 4.39 Å². The highest BCUT2D eigenvalue weighted by Gasteiger charge is 2.14. The minimum Gasteiger partial charge on any atom is -0.307 e. The topological polar surface area (TPSA) is 17.3 Å². The van der Waals surface area contributed by atoms with Crippen LogP contribution in [0.3, 0.4) is 0 Å². The van der Waals surface area contributed by atoms with Crippen LogP contribution in [0.5, 0.6) is 0 Å². The molecule has 0 aliphatic carbocycles. The SMILES string of the molecule is C=Cc1ccn2ccnc2c1-c1cccc(C)c1F. The zero-order chi connectivity index (χ0) is 13.4. The van der Waals surface area contributed by atoms with E-state index < -0.39 is 0 Å². The Morgan fingerprint density at radius 2 is 2.11 bits per heavy atom. The van der Waals surface area contributed by atoms with Crippen LogP contribution >= 0.6 is 0 Å². The molecule has 1 aromatic carbocycles. The van der Waals surface area contributed by atoms with Gasteiger partial charge in [-0.15, -0.1) is 0 Å². The van der Waals surface area contributed by atoms with Crippen LogP contribution in [0.1, 0.15) is 11.1 Å². The van der Waals surface area contributed by atoms with Crippen LogP contribution in [0, 0.1) is 12.7 Å². The van der Waals surface area contributed by atoms with Crippen LogP contribution in [0.25, 0.3) is 22.9 Å². The quantitative estimate of drug-likeness (QED) is 0.671. The fourth-order valence-corrected chi connectivity index (χ4v) is 2.29. The van der Waals surface area contributed by atoms with Gasteiger partial charge in [-0.3, -0.25) is 0 Å². The van der Waals surface area contributed by atoms with Crippen LogP contribution in [0.15, 0.2) is 49.4 Å². The molecule has 0 atom stereocenters. The molecule has 0 radical (unpaired) electrons. The summed E-state index contributed by atoms with van der Waals surface area (Å²) in [7, 11) is 0. The van der Waals surface area contributed by atoms with Crippen LogP contribution in [0.4, 0.5) is 4.39 Å². The molecule has 3 aromatic rings. The Balaban J connectivity index is 2.43. The molecule has 2 heterocycles. The van der Waals surface area contributed by atoms with Gasteiger partial charge >= 0.3 is 0 Å². The van der Waals surface area contributed by atoms with Crippen LogP contribution in [-0.4, -0.2) is 9.38 Å². The maximum absolute atomic E-state index is 14.4. The molecule has 0 saturated carbocycles. The first kappa shape index (κ1) is 11.7. The molecule has 2 nitrogen and oxygen atoms in total. The number of aryl methyl sites for hydroxylation is 1. The molecule has 0 bridgehead atoms. The molecule has 0 aliphatic heterocycles. The number of hydrogen-bond acceptors (Lipinski definition) is 1. The lowest BCUT2D eigenvalue weighted by molar-refractivity contribution is 0.622. The van der Waals surface area contributed by atoms with Crippen molar-refractivity contribution in [1.29, 1.82) is 0 Å². The van der Waals surface area contributed by atoms with Crippen molar-refractivity contribution in [3.05, 3.63) is 66.4 Å². The van der Waals surface area contributed by atoms with E-state index in [0.29, 0.717) is 11.1 Å². The Bertz CT molecular complexity index is 772. The molecular weight excluding hydrogens is 239 g/mol. The maximum atomic E-state index is 14.4. The number of nitrogens with zero attached hydrogens (tertiary/aromatic N) is 2. The van der Waals surface area contributed by atoms with Gasteiger partial charge in [0, 0.05) is 29.7 Å². The molecule has 19 heavy (non-hydrogen) atoms. The Kier molecular flexibility index (Phi) is 2.67. The molecule has 0 spiro atoms. The van der Waals surface area contributed by atoms with Gasteiger partial charge in [0.25, 0.3) is 0 Å². The van der Waals surface area contributed by atoms with Crippen molar-refractivity contribution in [3.63, 3.8) is 0 Å². The van der Waals surface area contributed by atoms with E-state index >= 15 is 0 Å². The van der Waals surface area contributed by atoms with Gasteiger partial charge in [0.05, 0.1) is 0 Å². The highest BCUT2D eigenvalue weighted by molar-refractivity contribution is 5.86. The average molecular weight is 252 g/mol. The van der Waals surface area contributed by atoms with Crippen LogP contribution in [-0.2, 0) is 0 Å². The van der Waals surface area contributed by atoms with Gasteiger partial charge in [0.2, 0.25) is 0 Å². The molecule has 0 fully saturated rings. The van der Waals surface area contributed by atoms with Crippen LogP contribution in [0.2, 0.25) is 0 Å². The fourth-order valence-electron chi connectivity index (χ4n) is 2.29. The minimum absolute atomic E-state index is 0.207. The van der Waals surface area contributed by atoms with Crippen LogP contribution < -0.4 is 0 Å². The zero-order valence-corrected chi connectivity index (χ0v) is 10.6. The van der Waals surface area contributed by atoms with Gasteiger partial charge in [-0.05, 0) is 24.1 Å². The van der Waals surface area contributed by atoms with E-state index in [4.69, 9.17) is 0 Å². The number of imidazole rings is 1. The van der Waals surface area contributed by atoms with Crippen molar-refractivity contribution < 1.29 is 4.39 Å². The van der Waals surface area contributed by atoms with E-state index in [1.807, 2.05) is 28.9 Å². The van der Waals surface area contributed by atoms with Crippen molar-refractivity contribution in [3.8, 4) is 11.1 Å². The molecule has 0 N–H and O–H groups in total. The summed E-state index contributed by atoms with van der Waals surface area (Å²) >= 11 is 0. The molecular formula is C16H13FN2. The van der Waals surface area contributed by atoms with Gasteiger partial charge in [-0.1, -0.05) is 30.9 Å². The standard InChI is InChI=1S/C16H13FN2/c1-3-12-7-9-19-10-8-18-16(19)14(12)13-6-4-5-11(2)15(13)17/h3-10H,1H2,2H3. The lowest BCUT2D eigenvalue weighted by Crippen LogP contribution is -1.95. The third kappa shape index (κ3) is 1.74. The minimum atomic E-state index is -0.207.